The number of alkyl carbamates (subject to hydrolysis) is 1. The third-order valence-electron chi connectivity index (χ3n) is 5.68. The van der Waals surface area contributed by atoms with Crippen LogP contribution in [0.4, 0.5) is 22.2 Å². The number of nitrogens with one attached hydrogen (secondary N) is 3. The molecule has 36 heavy (non-hydrogen) atoms. The molecule has 12 heteroatoms. The molecule has 1 aromatic carbocycles. The number of hydrogen-bond acceptors (Lipinski definition) is 10. The lowest BCUT2D eigenvalue weighted by atomic mass is 9.90. The second-order valence-electron chi connectivity index (χ2n) is 9.72. The Morgan fingerprint density at radius 2 is 1.92 bits per heavy atom. The number of benzene rings is 1. The Morgan fingerprint density at radius 3 is 2.61 bits per heavy atom. The van der Waals surface area contributed by atoms with Gasteiger partial charge in [0.05, 0.1) is 29.7 Å². The number of ether oxygens (including phenoxy) is 1. The standard InChI is InChI=1S/C24H33N9O3/c1-24(2,3)36-23(35)31-19-10-5-4-9-18(19)30-22-26-14-17(20(25)34)21(32-22)29-15-7-6-8-16(13-15)33-27-11-12-28-33/h6-8,11-14,18-20,34H,4-5,9-10,25H2,1-3H3,(H,31,35)(H2,26,29,30,32). The van der Waals surface area contributed by atoms with E-state index in [1.165, 1.54) is 11.0 Å². The number of carbonyl (C=O) groups is 1. The molecule has 3 unspecified atom stereocenters. The minimum absolute atomic E-state index is 0.0815. The minimum atomic E-state index is -1.27. The number of amides is 1. The zero-order valence-electron chi connectivity index (χ0n) is 20.7. The van der Waals surface area contributed by atoms with E-state index < -0.39 is 17.9 Å². The molecular weight excluding hydrogens is 462 g/mol. The molecule has 2 heterocycles. The van der Waals surface area contributed by atoms with Gasteiger partial charge in [0.15, 0.2) is 0 Å². The van der Waals surface area contributed by atoms with E-state index in [2.05, 4.69) is 36.1 Å². The van der Waals surface area contributed by atoms with Gasteiger partial charge in [-0.05, 0) is 51.8 Å². The monoisotopic (exact) mass is 495 g/mol. The van der Waals surface area contributed by atoms with E-state index in [1.807, 2.05) is 45.0 Å². The van der Waals surface area contributed by atoms with Crippen molar-refractivity contribution in [3.63, 3.8) is 0 Å². The highest BCUT2D eigenvalue weighted by atomic mass is 16.6. The number of aliphatic hydroxyl groups excluding tert-OH is 1. The van der Waals surface area contributed by atoms with E-state index in [-0.39, 0.29) is 12.1 Å². The summed E-state index contributed by atoms with van der Waals surface area (Å²) in [6, 6.07) is 7.22. The number of hydrogen-bond donors (Lipinski definition) is 5. The Kier molecular flexibility index (Phi) is 7.65. The number of nitrogens with zero attached hydrogens (tertiary/aromatic N) is 5. The van der Waals surface area contributed by atoms with Crippen LogP contribution in [0.5, 0.6) is 0 Å². The van der Waals surface area contributed by atoms with Crippen LogP contribution in [0.2, 0.25) is 0 Å². The van der Waals surface area contributed by atoms with Crippen LogP contribution in [-0.2, 0) is 4.74 Å². The van der Waals surface area contributed by atoms with Crippen LogP contribution in [0.3, 0.4) is 0 Å². The number of carbonyl (C=O) groups excluding carboxylic acids is 1. The second-order valence-corrected chi connectivity index (χ2v) is 9.72. The summed E-state index contributed by atoms with van der Waals surface area (Å²) in [6.07, 6.45) is 6.65. The molecule has 0 bridgehead atoms. The summed E-state index contributed by atoms with van der Waals surface area (Å²) in [6.45, 7) is 5.50. The van der Waals surface area contributed by atoms with Crippen LogP contribution in [0, 0.1) is 0 Å². The van der Waals surface area contributed by atoms with Crippen LogP contribution in [0.25, 0.3) is 5.69 Å². The molecule has 4 rings (SSSR count). The van der Waals surface area contributed by atoms with Crippen molar-refractivity contribution in [3.8, 4) is 5.69 Å². The number of anilines is 3. The molecule has 1 saturated carbocycles. The Labute approximate surface area is 209 Å². The van der Waals surface area contributed by atoms with E-state index in [1.54, 1.807) is 12.4 Å². The summed E-state index contributed by atoms with van der Waals surface area (Å²) in [7, 11) is 0. The van der Waals surface area contributed by atoms with Gasteiger partial charge >= 0.3 is 6.09 Å². The summed E-state index contributed by atoms with van der Waals surface area (Å²) < 4.78 is 5.43. The molecule has 192 valence electrons. The van der Waals surface area contributed by atoms with Gasteiger partial charge in [0.25, 0.3) is 0 Å². The Bertz CT molecular complexity index is 1160. The van der Waals surface area contributed by atoms with Gasteiger partial charge in [-0.25, -0.2) is 9.78 Å². The zero-order chi connectivity index (χ0) is 25.7. The highest BCUT2D eigenvalue weighted by Crippen LogP contribution is 2.26. The average molecular weight is 496 g/mol. The van der Waals surface area contributed by atoms with Crippen LogP contribution in [0.1, 0.15) is 58.2 Å². The summed E-state index contributed by atoms with van der Waals surface area (Å²) in [4.78, 5) is 22.8. The molecule has 0 spiro atoms. The van der Waals surface area contributed by atoms with E-state index in [0.717, 1.165) is 31.4 Å². The van der Waals surface area contributed by atoms with Gasteiger partial charge in [-0.15, -0.1) is 0 Å². The Balaban J connectivity index is 1.52. The van der Waals surface area contributed by atoms with Crippen molar-refractivity contribution in [2.75, 3.05) is 10.6 Å². The average Bonchev–Trinajstić information content (AvgIpc) is 3.34. The van der Waals surface area contributed by atoms with Gasteiger partial charge in [-0.1, -0.05) is 18.9 Å². The molecular formula is C24H33N9O3. The first-order valence-corrected chi connectivity index (χ1v) is 12.0. The van der Waals surface area contributed by atoms with Crippen LogP contribution < -0.4 is 21.7 Å². The van der Waals surface area contributed by atoms with Gasteiger partial charge in [-0.2, -0.15) is 20.0 Å². The first-order valence-electron chi connectivity index (χ1n) is 12.0. The third-order valence-corrected chi connectivity index (χ3v) is 5.68. The molecule has 0 saturated heterocycles. The van der Waals surface area contributed by atoms with Crippen LogP contribution in [-0.4, -0.2) is 53.8 Å². The van der Waals surface area contributed by atoms with Crippen molar-refractivity contribution < 1.29 is 14.6 Å². The minimum Gasteiger partial charge on any atom is -0.444 e. The van der Waals surface area contributed by atoms with Gasteiger partial charge in [0.1, 0.15) is 17.6 Å². The summed E-state index contributed by atoms with van der Waals surface area (Å²) in [5.41, 5.74) is 7.00. The normalized spacial score (nSPS) is 18.8. The smallest absolute Gasteiger partial charge is 0.407 e. The molecule has 1 aliphatic rings. The molecule has 1 fully saturated rings. The van der Waals surface area contributed by atoms with Gasteiger partial charge in [0.2, 0.25) is 5.95 Å². The molecule has 2 aromatic heterocycles. The van der Waals surface area contributed by atoms with Crippen molar-refractivity contribution in [2.24, 2.45) is 5.73 Å². The fraction of sp³-hybridized carbons (Fsp3) is 0.458. The van der Waals surface area contributed by atoms with Gasteiger partial charge < -0.3 is 31.5 Å². The predicted octanol–water partition coefficient (Wildman–Crippen LogP) is 3.00. The second kappa shape index (κ2) is 10.9. The van der Waals surface area contributed by atoms with E-state index in [4.69, 9.17) is 10.5 Å². The Hall–Kier alpha value is -3.77. The molecule has 6 N–H and O–H groups in total. The lowest BCUT2D eigenvalue weighted by Gasteiger charge is -2.33. The van der Waals surface area contributed by atoms with Crippen LogP contribution in [0.15, 0.2) is 42.9 Å². The number of aliphatic hydroxyl groups is 1. The van der Waals surface area contributed by atoms with Crippen molar-refractivity contribution >= 4 is 23.5 Å². The first-order chi connectivity index (χ1) is 17.2. The van der Waals surface area contributed by atoms with Crippen LogP contribution >= 0.6 is 0 Å². The van der Waals surface area contributed by atoms with Crippen molar-refractivity contribution in [2.45, 2.75) is 70.4 Å². The maximum absolute atomic E-state index is 12.4. The molecule has 0 radical (unpaired) electrons. The maximum atomic E-state index is 12.4. The lowest BCUT2D eigenvalue weighted by molar-refractivity contribution is 0.0488. The predicted molar refractivity (Wildman–Crippen MR) is 135 cm³/mol. The van der Waals surface area contributed by atoms with Gasteiger partial charge in [0, 0.05) is 17.9 Å². The van der Waals surface area contributed by atoms with E-state index >= 15 is 0 Å². The molecule has 1 amide bonds. The molecule has 1 aliphatic carbocycles. The Morgan fingerprint density at radius 1 is 1.19 bits per heavy atom. The SMILES string of the molecule is CC(C)(C)OC(=O)NC1CCCCC1Nc1ncc(C(N)O)c(Nc2cccc(-n3nccn3)c2)n1. The van der Waals surface area contributed by atoms with Crippen molar-refractivity contribution in [1.29, 1.82) is 0 Å². The van der Waals surface area contributed by atoms with E-state index in [0.29, 0.717) is 23.0 Å². The summed E-state index contributed by atoms with van der Waals surface area (Å²) in [5.74, 6) is 0.718. The third kappa shape index (κ3) is 6.67. The largest absolute Gasteiger partial charge is 0.444 e. The topological polar surface area (TPSA) is 165 Å². The fourth-order valence-electron chi connectivity index (χ4n) is 4.07. The molecule has 3 atom stereocenters. The number of aromatic nitrogens is 5. The molecule has 0 aliphatic heterocycles. The maximum Gasteiger partial charge on any atom is 0.407 e. The fourth-order valence-corrected chi connectivity index (χ4v) is 4.07. The summed E-state index contributed by atoms with van der Waals surface area (Å²) in [5, 5.41) is 27.9. The number of nitrogens with two attached hydrogens (primary N) is 1. The number of rotatable bonds is 7. The zero-order valence-corrected chi connectivity index (χ0v) is 20.7. The summed E-state index contributed by atoms with van der Waals surface area (Å²) >= 11 is 0. The van der Waals surface area contributed by atoms with Crippen molar-refractivity contribution in [3.05, 3.63) is 48.4 Å². The first kappa shape index (κ1) is 25.3. The van der Waals surface area contributed by atoms with Crippen molar-refractivity contribution in [1.82, 2.24) is 30.3 Å². The highest BCUT2D eigenvalue weighted by molar-refractivity contribution is 5.68. The van der Waals surface area contributed by atoms with Gasteiger partial charge in [-0.3, -0.25) is 0 Å². The highest BCUT2D eigenvalue weighted by Gasteiger charge is 2.29. The van der Waals surface area contributed by atoms with E-state index in [9.17, 15) is 9.90 Å². The quantitative estimate of drug-likeness (QED) is 0.308. The molecule has 3 aromatic rings. The lowest BCUT2D eigenvalue weighted by Crippen LogP contribution is -2.50. The molecule has 12 nitrogen and oxygen atoms in total.